The number of benzene rings is 5. The number of amides is 1. The molecule has 7 rings (SSSR count). The third-order valence-corrected chi connectivity index (χ3v) is 10.3. The van der Waals surface area contributed by atoms with E-state index in [1.54, 1.807) is 24.3 Å². The summed E-state index contributed by atoms with van der Waals surface area (Å²) >= 11 is 1.51. The van der Waals surface area contributed by atoms with E-state index in [0.29, 0.717) is 22.2 Å². The van der Waals surface area contributed by atoms with Crippen LogP contribution >= 0.6 is 11.8 Å². The predicted molar refractivity (Wildman–Crippen MR) is 206 cm³/mol. The van der Waals surface area contributed by atoms with Gasteiger partial charge in [0.05, 0.1) is 25.2 Å². The molecule has 9 heteroatoms. The first-order valence-corrected chi connectivity index (χ1v) is 18.6. The van der Waals surface area contributed by atoms with Gasteiger partial charge in [0.1, 0.15) is 5.69 Å². The molecular weight excluding hydrogens is 685 g/mol. The van der Waals surface area contributed by atoms with Crippen LogP contribution in [0.4, 0.5) is 5.69 Å². The van der Waals surface area contributed by atoms with E-state index in [1.165, 1.54) is 18.7 Å². The number of aliphatic hydroxyl groups excluding tert-OH is 1. The number of aliphatic hydroxyl groups is 1. The zero-order valence-corrected chi connectivity index (χ0v) is 30.3. The summed E-state index contributed by atoms with van der Waals surface area (Å²) in [5.41, 5.74) is 7.33. The van der Waals surface area contributed by atoms with Crippen molar-refractivity contribution in [1.82, 2.24) is 4.98 Å². The first-order valence-electron chi connectivity index (χ1n) is 17.6. The molecule has 0 spiro atoms. The first-order chi connectivity index (χ1) is 25.8. The SMILES string of the molecule is CC(=O)c1cccc(NC(=O)Cc2ccc(C3O[C@H](CSc4nc(-c5ccccc5)c(-c5ccccc5)o4)[C@H](C)[C@H](c4ccc(CO)cc4)O3)cc2)c1. The molecule has 1 amide bonds. The molecule has 1 aliphatic heterocycles. The molecule has 2 heterocycles. The summed E-state index contributed by atoms with van der Waals surface area (Å²) in [4.78, 5) is 29.6. The Hall–Kier alpha value is -5.32. The Kier molecular flexibility index (Phi) is 11.3. The molecule has 0 radical (unpaired) electrons. The Bertz CT molecular complexity index is 2100. The number of hydrogen-bond acceptors (Lipinski definition) is 8. The van der Waals surface area contributed by atoms with E-state index in [-0.39, 0.29) is 42.8 Å². The van der Waals surface area contributed by atoms with Gasteiger partial charge < -0.3 is 24.3 Å². The summed E-state index contributed by atoms with van der Waals surface area (Å²) < 4.78 is 19.8. The van der Waals surface area contributed by atoms with Crippen molar-refractivity contribution in [2.24, 2.45) is 5.92 Å². The normalized spacial score (nSPS) is 18.4. The third-order valence-electron chi connectivity index (χ3n) is 9.35. The fourth-order valence-corrected chi connectivity index (χ4v) is 7.39. The average Bonchev–Trinajstić information content (AvgIpc) is 3.63. The molecule has 2 N–H and O–H groups in total. The summed E-state index contributed by atoms with van der Waals surface area (Å²) in [5.74, 6) is 1.02. The zero-order valence-electron chi connectivity index (χ0n) is 29.5. The third kappa shape index (κ3) is 8.67. The molecule has 0 aliphatic carbocycles. The van der Waals surface area contributed by atoms with Gasteiger partial charge in [0.15, 0.2) is 17.8 Å². The molecule has 5 aromatic carbocycles. The van der Waals surface area contributed by atoms with Crippen LogP contribution < -0.4 is 5.32 Å². The zero-order chi connectivity index (χ0) is 36.7. The second kappa shape index (κ2) is 16.6. The predicted octanol–water partition coefficient (Wildman–Crippen LogP) is 9.47. The maximum atomic E-state index is 12.9. The minimum Gasteiger partial charge on any atom is -0.431 e. The minimum absolute atomic E-state index is 0.0275. The number of carbonyl (C=O) groups is 2. The number of aromatic nitrogens is 1. The average molecular weight is 725 g/mol. The van der Waals surface area contributed by atoms with Crippen LogP contribution in [-0.4, -0.2) is 33.6 Å². The second-order valence-corrected chi connectivity index (χ2v) is 14.1. The molecule has 1 fully saturated rings. The number of hydrogen-bond donors (Lipinski definition) is 2. The summed E-state index contributed by atoms with van der Waals surface area (Å²) in [6, 6.07) is 42.5. The summed E-state index contributed by atoms with van der Waals surface area (Å²) in [6.07, 6.45) is -1.02. The van der Waals surface area contributed by atoms with Gasteiger partial charge >= 0.3 is 0 Å². The maximum Gasteiger partial charge on any atom is 0.256 e. The highest BCUT2D eigenvalue weighted by Crippen LogP contribution is 2.44. The van der Waals surface area contributed by atoms with Gasteiger partial charge in [-0.25, -0.2) is 4.98 Å². The number of nitrogens with one attached hydrogen (secondary N) is 1. The van der Waals surface area contributed by atoms with Crippen LogP contribution in [0.1, 0.15) is 58.9 Å². The van der Waals surface area contributed by atoms with E-state index in [9.17, 15) is 14.7 Å². The maximum absolute atomic E-state index is 12.9. The van der Waals surface area contributed by atoms with Gasteiger partial charge in [-0.2, -0.15) is 0 Å². The van der Waals surface area contributed by atoms with Crippen molar-refractivity contribution in [3.8, 4) is 22.6 Å². The smallest absolute Gasteiger partial charge is 0.256 e. The van der Waals surface area contributed by atoms with E-state index < -0.39 is 6.29 Å². The van der Waals surface area contributed by atoms with Crippen LogP contribution in [-0.2, 0) is 27.3 Å². The number of thioether (sulfide) groups is 1. The highest BCUT2D eigenvalue weighted by Gasteiger charge is 2.38. The van der Waals surface area contributed by atoms with Gasteiger partial charge in [-0.15, -0.1) is 0 Å². The van der Waals surface area contributed by atoms with Crippen molar-refractivity contribution in [1.29, 1.82) is 0 Å². The molecule has 268 valence electrons. The van der Waals surface area contributed by atoms with Crippen LogP contribution in [0.15, 0.2) is 143 Å². The van der Waals surface area contributed by atoms with Crippen molar-refractivity contribution < 1.29 is 28.6 Å². The quantitative estimate of drug-likeness (QED) is 0.0949. The van der Waals surface area contributed by atoms with Crippen molar-refractivity contribution in [2.75, 3.05) is 11.1 Å². The largest absolute Gasteiger partial charge is 0.431 e. The summed E-state index contributed by atoms with van der Waals surface area (Å²) in [5, 5.41) is 13.1. The van der Waals surface area contributed by atoms with Gasteiger partial charge in [0.2, 0.25) is 5.91 Å². The standard InChI is InChI=1S/C44H40N2O6S/c1-28-38(27-53-44-46-40(32-10-5-3-6-11-32)42(52-44)33-12-7-4-8-13-33)50-43(51-41(28)34-20-18-31(26-47)19-21-34)35-22-16-30(17-23-35)24-39(49)45-37-15-9-14-36(25-37)29(2)48/h3-23,25,28,38,41,43,47H,24,26-27H2,1-2H3,(H,45,49)/t28-,38+,41+,43?/m0/s1. The minimum atomic E-state index is -0.666. The van der Waals surface area contributed by atoms with Crippen LogP contribution in [0.5, 0.6) is 0 Å². The molecule has 4 atom stereocenters. The summed E-state index contributed by atoms with van der Waals surface area (Å²) in [6.45, 7) is 3.59. The van der Waals surface area contributed by atoms with Gasteiger partial charge in [-0.1, -0.05) is 140 Å². The van der Waals surface area contributed by atoms with Gasteiger partial charge in [-0.3, -0.25) is 9.59 Å². The van der Waals surface area contributed by atoms with Gasteiger partial charge in [0, 0.05) is 39.6 Å². The number of Topliss-reactive ketones (excluding diaryl/α,β-unsaturated/α-hetero) is 1. The lowest BCUT2D eigenvalue weighted by Crippen LogP contribution is -2.38. The lowest BCUT2D eigenvalue weighted by molar-refractivity contribution is -0.268. The Morgan fingerprint density at radius 1 is 0.774 bits per heavy atom. The Morgan fingerprint density at radius 3 is 2.11 bits per heavy atom. The molecule has 0 bridgehead atoms. The molecule has 1 aromatic heterocycles. The van der Waals surface area contributed by atoms with Gasteiger partial charge in [-0.05, 0) is 35.7 Å². The monoisotopic (exact) mass is 724 g/mol. The molecule has 1 unspecified atom stereocenters. The molecule has 1 aliphatic rings. The Balaban J connectivity index is 1.10. The molecule has 53 heavy (non-hydrogen) atoms. The van der Waals surface area contributed by atoms with Crippen molar-refractivity contribution >= 4 is 29.1 Å². The van der Waals surface area contributed by atoms with Crippen LogP contribution in [0.3, 0.4) is 0 Å². The highest BCUT2D eigenvalue weighted by molar-refractivity contribution is 7.99. The number of oxazole rings is 1. The van der Waals surface area contributed by atoms with Crippen LogP contribution in [0, 0.1) is 5.92 Å². The Labute approximate surface area is 313 Å². The molecular formula is C44H40N2O6S. The van der Waals surface area contributed by atoms with Crippen molar-refractivity contribution in [3.05, 3.63) is 161 Å². The molecule has 8 nitrogen and oxygen atoms in total. The number of ether oxygens (including phenoxy) is 2. The topological polar surface area (TPSA) is 111 Å². The van der Waals surface area contributed by atoms with Crippen molar-refractivity contribution in [3.63, 3.8) is 0 Å². The summed E-state index contributed by atoms with van der Waals surface area (Å²) in [7, 11) is 0. The highest BCUT2D eigenvalue weighted by atomic mass is 32.2. The first kappa shape index (κ1) is 36.1. The lowest BCUT2D eigenvalue weighted by Gasteiger charge is -2.41. The second-order valence-electron chi connectivity index (χ2n) is 13.1. The van der Waals surface area contributed by atoms with Crippen LogP contribution in [0.2, 0.25) is 0 Å². The van der Waals surface area contributed by atoms with E-state index in [0.717, 1.165) is 44.8 Å². The van der Waals surface area contributed by atoms with E-state index in [4.69, 9.17) is 18.9 Å². The molecule has 1 saturated heterocycles. The van der Waals surface area contributed by atoms with E-state index >= 15 is 0 Å². The van der Waals surface area contributed by atoms with Crippen molar-refractivity contribution in [2.45, 2.75) is 50.6 Å². The fraction of sp³-hybridized carbons (Fsp3) is 0.205. The fourth-order valence-electron chi connectivity index (χ4n) is 6.40. The number of carbonyl (C=O) groups excluding carboxylic acids is 2. The Morgan fingerprint density at radius 2 is 1.43 bits per heavy atom. The van der Waals surface area contributed by atoms with E-state index in [2.05, 4.69) is 12.2 Å². The van der Waals surface area contributed by atoms with Crippen LogP contribution in [0.25, 0.3) is 22.6 Å². The molecule has 0 saturated carbocycles. The lowest BCUT2D eigenvalue weighted by atomic mass is 9.91. The number of ketones is 1. The number of rotatable bonds is 12. The molecule has 6 aromatic rings. The number of nitrogens with zero attached hydrogens (tertiary/aromatic N) is 1. The number of anilines is 1. The van der Waals surface area contributed by atoms with E-state index in [1.807, 2.05) is 109 Å². The van der Waals surface area contributed by atoms with Gasteiger partial charge in [0.25, 0.3) is 5.22 Å².